The molecule has 1 aliphatic carbocycles. The first kappa shape index (κ1) is 20.2. The van der Waals surface area contributed by atoms with E-state index in [0.717, 1.165) is 24.8 Å². The SMILES string of the molecule is CCc1ccc(C[C@H](NN(C)C2CC2)C(=O)O)cc1.Cl.Cl. The fraction of sp³-hybridized carbons (Fsp3) is 0.533. The summed E-state index contributed by atoms with van der Waals surface area (Å²) in [5.74, 6) is -0.799. The van der Waals surface area contributed by atoms with Crippen LogP contribution in [0.2, 0.25) is 0 Å². The highest BCUT2D eigenvalue weighted by atomic mass is 35.5. The van der Waals surface area contributed by atoms with Gasteiger partial charge >= 0.3 is 5.97 Å². The normalized spacial score (nSPS) is 15.0. The Bertz CT molecular complexity index is 436. The highest BCUT2D eigenvalue weighted by Gasteiger charge is 2.29. The molecule has 0 unspecified atom stereocenters. The van der Waals surface area contributed by atoms with Gasteiger partial charge in [0.15, 0.2) is 0 Å². The van der Waals surface area contributed by atoms with Crippen LogP contribution in [0.15, 0.2) is 24.3 Å². The van der Waals surface area contributed by atoms with Crippen LogP contribution in [0.1, 0.15) is 30.9 Å². The van der Waals surface area contributed by atoms with Crippen molar-refractivity contribution in [3.05, 3.63) is 35.4 Å². The fourth-order valence-electron chi connectivity index (χ4n) is 2.15. The molecule has 2 rings (SSSR count). The first-order valence-electron chi connectivity index (χ1n) is 6.89. The van der Waals surface area contributed by atoms with Gasteiger partial charge in [-0.3, -0.25) is 4.79 Å². The second kappa shape index (κ2) is 9.26. The standard InChI is InChI=1S/C15H22N2O2.2ClH/c1-3-11-4-6-12(7-5-11)10-14(15(18)19)16-17(2)13-8-9-13;;/h4-7,13-14,16H,3,8-10H2,1-2H3,(H,18,19);2*1H/t14-;;/m0../s1. The van der Waals surface area contributed by atoms with Crippen molar-refractivity contribution in [1.29, 1.82) is 0 Å². The van der Waals surface area contributed by atoms with Gasteiger partial charge in [0.25, 0.3) is 0 Å². The maximum Gasteiger partial charge on any atom is 0.322 e. The third-order valence-electron chi connectivity index (χ3n) is 3.62. The van der Waals surface area contributed by atoms with Gasteiger partial charge in [0.05, 0.1) is 0 Å². The number of benzene rings is 1. The summed E-state index contributed by atoms with van der Waals surface area (Å²) < 4.78 is 0. The van der Waals surface area contributed by atoms with Gasteiger partial charge < -0.3 is 5.11 Å². The molecular weight excluding hydrogens is 311 g/mol. The molecule has 0 bridgehead atoms. The number of aryl methyl sites for hydroxylation is 1. The first-order valence-corrected chi connectivity index (χ1v) is 6.89. The van der Waals surface area contributed by atoms with E-state index in [0.29, 0.717) is 12.5 Å². The molecule has 1 aromatic rings. The number of carboxylic acids is 1. The minimum atomic E-state index is -0.799. The van der Waals surface area contributed by atoms with E-state index in [-0.39, 0.29) is 24.8 Å². The first-order chi connectivity index (χ1) is 9.10. The second-order valence-electron chi connectivity index (χ2n) is 5.24. The number of halogens is 2. The lowest BCUT2D eigenvalue weighted by molar-refractivity contribution is -0.141. The van der Waals surface area contributed by atoms with Gasteiger partial charge in [0.2, 0.25) is 0 Å². The molecule has 1 fully saturated rings. The number of hydrogen-bond donors (Lipinski definition) is 2. The summed E-state index contributed by atoms with van der Waals surface area (Å²) in [6.07, 6.45) is 3.82. The van der Waals surface area contributed by atoms with Gasteiger partial charge in [-0.2, -0.15) is 0 Å². The van der Waals surface area contributed by atoms with Crippen LogP contribution in [-0.2, 0) is 17.6 Å². The molecule has 0 spiro atoms. The molecule has 4 nitrogen and oxygen atoms in total. The smallest absolute Gasteiger partial charge is 0.322 e. The summed E-state index contributed by atoms with van der Waals surface area (Å²) in [4.78, 5) is 11.3. The fourth-order valence-corrected chi connectivity index (χ4v) is 2.15. The average molecular weight is 335 g/mol. The molecule has 0 aliphatic heterocycles. The Balaban J connectivity index is 0.00000200. The third kappa shape index (κ3) is 6.22. The monoisotopic (exact) mass is 334 g/mol. The largest absolute Gasteiger partial charge is 0.480 e. The lowest BCUT2D eigenvalue weighted by Gasteiger charge is -2.23. The minimum Gasteiger partial charge on any atom is -0.480 e. The molecule has 0 radical (unpaired) electrons. The molecule has 6 heteroatoms. The highest BCUT2D eigenvalue weighted by molar-refractivity contribution is 5.85. The van der Waals surface area contributed by atoms with Crippen molar-refractivity contribution in [2.24, 2.45) is 0 Å². The van der Waals surface area contributed by atoms with Crippen molar-refractivity contribution in [1.82, 2.24) is 10.4 Å². The van der Waals surface area contributed by atoms with E-state index in [1.165, 1.54) is 5.56 Å². The number of carboxylic acid groups (broad SMARTS) is 1. The van der Waals surface area contributed by atoms with Gasteiger partial charge in [-0.15, -0.1) is 24.8 Å². The van der Waals surface area contributed by atoms with Crippen LogP contribution in [0.4, 0.5) is 0 Å². The summed E-state index contributed by atoms with van der Waals surface area (Å²) in [5.41, 5.74) is 5.42. The van der Waals surface area contributed by atoms with Crippen LogP contribution in [0.3, 0.4) is 0 Å². The van der Waals surface area contributed by atoms with Crippen LogP contribution in [0.5, 0.6) is 0 Å². The summed E-state index contributed by atoms with van der Waals surface area (Å²) in [5, 5.41) is 11.2. The van der Waals surface area contributed by atoms with Crippen LogP contribution in [0.25, 0.3) is 0 Å². The van der Waals surface area contributed by atoms with E-state index in [1.807, 2.05) is 24.2 Å². The van der Waals surface area contributed by atoms with Crippen molar-refractivity contribution in [3.63, 3.8) is 0 Å². The average Bonchev–Trinajstić information content (AvgIpc) is 3.23. The van der Waals surface area contributed by atoms with Gasteiger partial charge in [-0.1, -0.05) is 31.2 Å². The molecule has 120 valence electrons. The van der Waals surface area contributed by atoms with Crippen molar-refractivity contribution in [2.75, 3.05) is 7.05 Å². The molecular formula is C15H24Cl2N2O2. The molecule has 1 atom stereocenters. The summed E-state index contributed by atoms with van der Waals surface area (Å²) in [7, 11) is 1.92. The maximum atomic E-state index is 11.3. The Kier molecular flexibility index (Phi) is 8.90. The predicted octanol–water partition coefficient (Wildman–Crippen LogP) is 2.69. The number of aliphatic carboxylic acids is 1. The van der Waals surface area contributed by atoms with Crippen LogP contribution < -0.4 is 5.43 Å². The highest BCUT2D eigenvalue weighted by Crippen LogP contribution is 2.24. The Morgan fingerprint density at radius 1 is 1.29 bits per heavy atom. The molecule has 0 saturated heterocycles. The van der Waals surface area contributed by atoms with Gasteiger partial charge in [-0.05, 0) is 36.8 Å². The number of hydrazine groups is 1. The van der Waals surface area contributed by atoms with E-state index >= 15 is 0 Å². The van der Waals surface area contributed by atoms with E-state index in [4.69, 9.17) is 0 Å². The zero-order valence-electron chi connectivity index (χ0n) is 12.4. The molecule has 0 heterocycles. The molecule has 0 amide bonds. The molecule has 1 saturated carbocycles. The molecule has 1 aromatic carbocycles. The van der Waals surface area contributed by atoms with Crippen molar-refractivity contribution >= 4 is 30.8 Å². The summed E-state index contributed by atoms with van der Waals surface area (Å²) in [6, 6.07) is 8.13. The second-order valence-corrected chi connectivity index (χ2v) is 5.24. The quantitative estimate of drug-likeness (QED) is 0.753. The van der Waals surface area contributed by atoms with Gasteiger partial charge in [0.1, 0.15) is 6.04 Å². The number of hydrogen-bond acceptors (Lipinski definition) is 3. The van der Waals surface area contributed by atoms with E-state index < -0.39 is 12.0 Å². The number of rotatable bonds is 7. The number of nitrogens with one attached hydrogen (secondary N) is 1. The minimum absolute atomic E-state index is 0. The lowest BCUT2D eigenvalue weighted by atomic mass is 10.0. The Morgan fingerprint density at radius 3 is 2.24 bits per heavy atom. The zero-order chi connectivity index (χ0) is 13.8. The predicted molar refractivity (Wildman–Crippen MR) is 89.4 cm³/mol. The van der Waals surface area contributed by atoms with E-state index in [2.05, 4.69) is 24.5 Å². The van der Waals surface area contributed by atoms with Crippen molar-refractivity contribution in [2.45, 2.75) is 44.7 Å². The lowest BCUT2D eigenvalue weighted by Crippen LogP contribution is -2.48. The maximum absolute atomic E-state index is 11.3. The van der Waals surface area contributed by atoms with E-state index in [1.54, 1.807) is 0 Å². The van der Waals surface area contributed by atoms with Crippen LogP contribution >= 0.6 is 24.8 Å². The van der Waals surface area contributed by atoms with Crippen LogP contribution in [-0.4, -0.2) is 35.2 Å². The summed E-state index contributed by atoms with van der Waals surface area (Å²) in [6.45, 7) is 2.11. The molecule has 2 N–H and O–H groups in total. The van der Waals surface area contributed by atoms with Gasteiger partial charge in [-0.25, -0.2) is 10.4 Å². The number of nitrogens with zero attached hydrogens (tertiary/aromatic N) is 1. The summed E-state index contributed by atoms with van der Waals surface area (Å²) >= 11 is 0. The van der Waals surface area contributed by atoms with Gasteiger partial charge in [0, 0.05) is 13.1 Å². The van der Waals surface area contributed by atoms with E-state index in [9.17, 15) is 9.90 Å². The molecule has 0 aromatic heterocycles. The molecule has 21 heavy (non-hydrogen) atoms. The Hall–Kier alpha value is -0.810. The molecule has 1 aliphatic rings. The topological polar surface area (TPSA) is 52.6 Å². The number of carbonyl (C=O) groups is 1. The Labute approximate surface area is 138 Å². The van der Waals surface area contributed by atoms with Crippen molar-refractivity contribution in [3.8, 4) is 0 Å². The van der Waals surface area contributed by atoms with Crippen molar-refractivity contribution < 1.29 is 9.90 Å². The van der Waals surface area contributed by atoms with Crippen LogP contribution in [0, 0.1) is 0 Å². The Morgan fingerprint density at radius 2 is 1.81 bits per heavy atom. The zero-order valence-corrected chi connectivity index (χ0v) is 14.0. The third-order valence-corrected chi connectivity index (χ3v) is 3.62.